The van der Waals surface area contributed by atoms with Gasteiger partial charge in [-0.05, 0) is 12.5 Å². The molecule has 0 aliphatic carbocycles. The lowest BCUT2D eigenvalue weighted by molar-refractivity contribution is 0.400. The molecule has 6 heteroatoms. The molecule has 1 aromatic rings. The smallest absolute Gasteiger partial charge is 0.223 e. The Morgan fingerprint density at radius 1 is 1.67 bits per heavy atom. The number of ether oxygens (including phenoxy) is 1. The van der Waals surface area contributed by atoms with Crippen molar-refractivity contribution in [1.29, 1.82) is 0 Å². The molecule has 0 atom stereocenters. The van der Waals surface area contributed by atoms with Crippen LogP contribution < -0.4 is 10.2 Å². The molecule has 0 amide bonds. The normalized spacial score (nSPS) is 9.47. The summed E-state index contributed by atoms with van der Waals surface area (Å²) in [5.74, 6) is 0.332. The van der Waals surface area contributed by atoms with Gasteiger partial charge in [0.05, 0.1) is 12.8 Å². The first kappa shape index (κ1) is 11.1. The van der Waals surface area contributed by atoms with Crippen LogP contribution in [-0.4, -0.2) is 18.2 Å². The van der Waals surface area contributed by atoms with Crippen molar-refractivity contribution >= 4 is 0 Å². The van der Waals surface area contributed by atoms with Gasteiger partial charge in [0.15, 0.2) is 5.75 Å². The molecule has 0 aliphatic rings. The summed E-state index contributed by atoms with van der Waals surface area (Å²) in [6.45, 7) is 2.67. The van der Waals surface area contributed by atoms with Crippen molar-refractivity contribution in [3.05, 3.63) is 38.6 Å². The maximum Gasteiger partial charge on any atom is 0.223 e. The molecule has 0 bridgehead atoms. The number of pyridine rings is 1. The largest absolute Gasteiger partial charge is 0.491 e. The quantitative estimate of drug-likeness (QED) is 0.426. The van der Waals surface area contributed by atoms with Gasteiger partial charge in [0.25, 0.3) is 0 Å². The third-order valence-corrected chi connectivity index (χ3v) is 2.10. The molecule has 0 aromatic carbocycles. The van der Waals surface area contributed by atoms with Gasteiger partial charge in [-0.3, -0.25) is 4.79 Å². The Kier molecular flexibility index (Phi) is 3.76. The third-order valence-electron chi connectivity index (χ3n) is 2.10. The van der Waals surface area contributed by atoms with Crippen LogP contribution in [0.5, 0.6) is 5.75 Å². The number of hydrogen-bond donors (Lipinski definition) is 0. The molecule has 1 rings (SSSR count). The van der Waals surface area contributed by atoms with Crippen molar-refractivity contribution in [2.45, 2.75) is 13.5 Å². The lowest BCUT2D eigenvalue weighted by Gasteiger charge is -2.11. The summed E-state index contributed by atoms with van der Waals surface area (Å²) in [5, 5.41) is 3.43. The molecule has 6 nitrogen and oxygen atoms in total. The van der Waals surface area contributed by atoms with Crippen LogP contribution in [0.4, 0.5) is 0 Å². The zero-order valence-corrected chi connectivity index (χ0v) is 8.67. The maximum atomic E-state index is 11.3. The molecule has 80 valence electrons. The lowest BCUT2D eigenvalue weighted by atomic mass is 10.3. The average Bonchev–Trinajstić information content (AvgIpc) is 2.22. The van der Waals surface area contributed by atoms with E-state index in [-0.39, 0.29) is 5.43 Å². The molecule has 0 spiro atoms. The Bertz CT molecular complexity index is 446. The van der Waals surface area contributed by atoms with Gasteiger partial charge >= 0.3 is 0 Å². The molecule has 0 unspecified atom stereocenters. The summed E-state index contributed by atoms with van der Waals surface area (Å²) < 4.78 is 6.80. The second-order valence-corrected chi connectivity index (χ2v) is 2.95. The fraction of sp³-hybridized carbons (Fsp3) is 0.444. The highest BCUT2D eigenvalue weighted by molar-refractivity contribution is 5.26. The number of azide groups is 1. The van der Waals surface area contributed by atoms with Crippen LogP contribution in [0.3, 0.4) is 0 Å². The van der Waals surface area contributed by atoms with E-state index >= 15 is 0 Å². The second-order valence-electron chi connectivity index (χ2n) is 2.95. The Morgan fingerprint density at radius 2 is 2.40 bits per heavy atom. The molecular weight excluding hydrogens is 196 g/mol. The van der Waals surface area contributed by atoms with Crippen LogP contribution in [-0.2, 0) is 6.54 Å². The molecule has 0 N–H and O–H groups in total. The third kappa shape index (κ3) is 2.51. The first-order valence-corrected chi connectivity index (χ1v) is 4.45. The minimum Gasteiger partial charge on any atom is -0.491 e. The summed E-state index contributed by atoms with van der Waals surface area (Å²) >= 11 is 0. The van der Waals surface area contributed by atoms with E-state index in [9.17, 15) is 4.79 Å². The molecule has 0 fully saturated rings. The monoisotopic (exact) mass is 208 g/mol. The molecule has 0 saturated heterocycles. The summed E-state index contributed by atoms with van der Waals surface area (Å²) in [6.07, 6.45) is 1.66. The predicted molar refractivity (Wildman–Crippen MR) is 56.0 cm³/mol. The van der Waals surface area contributed by atoms with Crippen molar-refractivity contribution in [3.63, 3.8) is 0 Å². The molecule has 0 radical (unpaired) electrons. The van der Waals surface area contributed by atoms with Crippen LogP contribution >= 0.6 is 0 Å². The highest BCUT2D eigenvalue weighted by Gasteiger charge is 2.05. The van der Waals surface area contributed by atoms with Crippen LogP contribution in [0.25, 0.3) is 10.4 Å². The van der Waals surface area contributed by atoms with Gasteiger partial charge < -0.3 is 9.30 Å². The zero-order chi connectivity index (χ0) is 11.3. The van der Waals surface area contributed by atoms with E-state index in [1.807, 2.05) is 4.57 Å². The summed E-state index contributed by atoms with van der Waals surface area (Å²) in [4.78, 5) is 14.0. The summed E-state index contributed by atoms with van der Waals surface area (Å²) in [7, 11) is 1.46. The van der Waals surface area contributed by atoms with Gasteiger partial charge in [0.2, 0.25) is 5.43 Å². The summed E-state index contributed by atoms with van der Waals surface area (Å²) in [6, 6.07) is 1.43. The predicted octanol–water partition coefficient (Wildman–Crippen LogP) is 1.48. The van der Waals surface area contributed by atoms with E-state index in [1.165, 1.54) is 13.2 Å². The van der Waals surface area contributed by atoms with Crippen molar-refractivity contribution in [2.24, 2.45) is 5.11 Å². The fourth-order valence-corrected chi connectivity index (χ4v) is 1.34. The van der Waals surface area contributed by atoms with E-state index in [2.05, 4.69) is 10.0 Å². The van der Waals surface area contributed by atoms with E-state index in [1.54, 1.807) is 13.1 Å². The molecule has 1 heterocycles. The number of hydrogen-bond acceptors (Lipinski definition) is 3. The van der Waals surface area contributed by atoms with Gasteiger partial charge in [0, 0.05) is 30.3 Å². The Labute approximate surface area is 86.7 Å². The molecule has 0 saturated carbocycles. The van der Waals surface area contributed by atoms with Gasteiger partial charge in [0.1, 0.15) is 0 Å². The fourth-order valence-electron chi connectivity index (χ4n) is 1.34. The number of methoxy groups -OCH3 is 1. The maximum absolute atomic E-state index is 11.3. The Morgan fingerprint density at radius 3 is 3.00 bits per heavy atom. The average molecular weight is 208 g/mol. The van der Waals surface area contributed by atoms with Crippen LogP contribution in [0.15, 0.2) is 22.2 Å². The van der Waals surface area contributed by atoms with E-state index < -0.39 is 0 Å². The van der Waals surface area contributed by atoms with Crippen molar-refractivity contribution in [1.82, 2.24) is 4.57 Å². The van der Waals surface area contributed by atoms with Gasteiger partial charge in [-0.2, -0.15) is 0 Å². The van der Waals surface area contributed by atoms with E-state index in [0.717, 1.165) is 5.69 Å². The van der Waals surface area contributed by atoms with Crippen molar-refractivity contribution in [3.8, 4) is 5.75 Å². The number of nitrogens with zero attached hydrogens (tertiary/aromatic N) is 4. The highest BCUT2D eigenvalue weighted by Crippen LogP contribution is 2.10. The topological polar surface area (TPSA) is 80.0 Å². The number of aromatic nitrogens is 1. The van der Waals surface area contributed by atoms with Crippen LogP contribution in [0, 0.1) is 6.92 Å². The summed E-state index contributed by atoms with van der Waals surface area (Å²) in [5.41, 5.74) is 8.72. The molecule has 1 aromatic heterocycles. The highest BCUT2D eigenvalue weighted by atomic mass is 16.5. The molecule has 0 aliphatic heterocycles. The molecular formula is C9H12N4O2. The first-order valence-electron chi connectivity index (χ1n) is 4.45. The van der Waals surface area contributed by atoms with Crippen molar-refractivity contribution < 1.29 is 4.74 Å². The van der Waals surface area contributed by atoms with Crippen LogP contribution in [0.2, 0.25) is 0 Å². The first-order chi connectivity index (χ1) is 7.20. The Hall–Kier alpha value is -1.94. The SMILES string of the molecule is COc1c(C)n(CCN=[N+]=[N-])ccc1=O. The standard InChI is InChI=1S/C9H12N4O2/c1-7-9(15-2)8(14)3-5-13(7)6-4-11-12-10/h3,5H,4,6H2,1-2H3. The second kappa shape index (κ2) is 5.07. The minimum atomic E-state index is -0.143. The minimum absolute atomic E-state index is 0.143. The zero-order valence-electron chi connectivity index (χ0n) is 8.67. The van der Waals surface area contributed by atoms with Gasteiger partial charge in [-0.15, -0.1) is 0 Å². The van der Waals surface area contributed by atoms with Crippen LogP contribution in [0.1, 0.15) is 5.69 Å². The van der Waals surface area contributed by atoms with Crippen molar-refractivity contribution in [2.75, 3.05) is 13.7 Å². The van der Waals surface area contributed by atoms with E-state index in [4.69, 9.17) is 10.3 Å². The van der Waals surface area contributed by atoms with E-state index in [0.29, 0.717) is 18.8 Å². The number of rotatable bonds is 4. The van der Waals surface area contributed by atoms with Gasteiger partial charge in [-0.25, -0.2) is 0 Å². The molecule has 15 heavy (non-hydrogen) atoms. The Balaban J connectivity index is 2.99. The van der Waals surface area contributed by atoms with Gasteiger partial charge in [-0.1, -0.05) is 5.11 Å². The lowest BCUT2D eigenvalue weighted by Crippen LogP contribution is -2.14.